The summed E-state index contributed by atoms with van der Waals surface area (Å²) in [6.45, 7) is 5.18. The minimum atomic E-state index is -0.0720. The third kappa shape index (κ3) is 2.46. The van der Waals surface area contributed by atoms with E-state index >= 15 is 0 Å². The lowest BCUT2D eigenvalue weighted by Crippen LogP contribution is -2.45. The Morgan fingerprint density at radius 3 is 2.65 bits per heavy atom. The molecule has 0 spiro atoms. The van der Waals surface area contributed by atoms with Crippen LogP contribution in [-0.2, 0) is 4.79 Å². The second-order valence-corrected chi connectivity index (χ2v) is 5.84. The van der Waals surface area contributed by atoms with E-state index in [0.717, 1.165) is 6.42 Å². The Labute approximate surface area is 104 Å². The second-order valence-electron chi connectivity index (χ2n) is 5.84. The molecule has 1 aliphatic heterocycles. The van der Waals surface area contributed by atoms with Gasteiger partial charge >= 0.3 is 0 Å². The first kappa shape index (κ1) is 12.4. The molecule has 0 radical (unpaired) electrons. The SMILES string of the molecule is CC(C)C1CCCCC1N1CC(C#N)CC1=O. The molecule has 0 bridgehead atoms. The van der Waals surface area contributed by atoms with Crippen molar-refractivity contribution in [2.75, 3.05) is 6.54 Å². The molecule has 0 aromatic carbocycles. The maximum atomic E-state index is 12.0. The summed E-state index contributed by atoms with van der Waals surface area (Å²) in [5, 5.41) is 8.95. The van der Waals surface area contributed by atoms with E-state index < -0.39 is 0 Å². The average Bonchev–Trinajstić information content (AvgIpc) is 2.70. The molecule has 2 rings (SSSR count). The number of hydrogen-bond donors (Lipinski definition) is 0. The number of nitrogens with zero attached hydrogens (tertiary/aromatic N) is 2. The summed E-state index contributed by atoms with van der Waals surface area (Å²) in [5.41, 5.74) is 0. The number of amides is 1. The van der Waals surface area contributed by atoms with E-state index in [-0.39, 0.29) is 11.8 Å². The molecule has 2 aliphatic rings. The molecule has 17 heavy (non-hydrogen) atoms. The fourth-order valence-corrected chi connectivity index (χ4v) is 3.44. The lowest BCUT2D eigenvalue weighted by Gasteiger charge is -2.40. The standard InChI is InChI=1S/C14H22N2O/c1-10(2)12-5-3-4-6-13(12)16-9-11(8-15)7-14(16)17/h10-13H,3-7,9H2,1-2H3. The highest BCUT2D eigenvalue weighted by Gasteiger charge is 2.39. The smallest absolute Gasteiger partial charge is 0.224 e. The minimum absolute atomic E-state index is 0.0720. The fraction of sp³-hybridized carbons (Fsp3) is 0.857. The number of rotatable bonds is 2. The van der Waals surface area contributed by atoms with Crippen LogP contribution in [0, 0.1) is 29.1 Å². The molecule has 2 fully saturated rings. The van der Waals surface area contributed by atoms with Crippen molar-refractivity contribution in [3.8, 4) is 6.07 Å². The molecule has 0 N–H and O–H groups in total. The first-order chi connectivity index (χ1) is 8.13. The Kier molecular flexibility index (Phi) is 3.71. The highest BCUT2D eigenvalue weighted by Crippen LogP contribution is 2.36. The van der Waals surface area contributed by atoms with Crippen molar-refractivity contribution in [3.63, 3.8) is 0 Å². The van der Waals surface area contributed by atoms with E-state index in [1.807, 2.05) is 4.90 Å². The molecule has 3 heteroatoms. The topological polar surface area (TPSA) is 44.1 Å². The lowest BCUT2D eigenvalue weighted by atomic mass is 9.77. The van der Waals surface area contributed by atoms with Gasteiger partial charge in [0, 0.05) is 19.0 Å². The minimum Gasteiger partial charge on any atom is -0.338 e. The monoisotopic (exact) mass is 234 g/mol. The van der Waals surface area contributed by atoms with Gasteiger partial charge < -0.3 is 4.90 Å². The molecule has 1 heterocycles. The van der Waals surface area contributed by atoms with Crippen LogP contribution in [0.3, 0.4) is 0 Å². The van der Waals surface area contributed by atoms with E-state index in [0.29, 0.717) is 30.8 Å². The highest BCUT2D eigenvalue weighted by molar-refractivity contribution is 5.79. The number of likely N-dealkylation sites (tertiary alicyclic amines) is 1. The van der Waals surface area contributed by atoms with Gasteiger partial charge in [-0.15, -0.1) is 0 Å². The van der Waals surface area contributed by atoms with Crippen molar-refractivity contribution >= 4 is 5.91 Å². The summed E-state index contributed by atoms with van der Waals surface area (Å²) in [7, 11) is 0. The van der Waals surface area contributed by atoms with Gasteiger partial charge in [0.25, 0.3) is 0 Å². The van der Waals surface area contributed by atoms with Crippen LogP contribution >= 0.6 is 0 Å². The Balaban J connectivity index is 2.09. The predicted molar refractivity (Wildman–Crippen MR) is 66.0 cm³/mol. The number of carbonyl (C=O) groups is 1. The quantitative estimate of drug-likeness (QED) is 0.737. The maximum Gasteiger partial charge on any atom is 0.224 e. The summed E-state index contributed by atoms with van der Waals surface area (Å²) < 4.78 is 0. The molecule has 1 aliphatic carbocycles. The number of nitriles is 1. The van der Waals surface area contributed by atoms with E-state index in [2.05, 4.69) is 19.9 Å². The van der Waals surface area contributed by atoms with Crippen LogP contribution in [0.2, 0.25) is 0 Å². The summed E-state index contributed by atoms with van der Waals surface area (Å²) in [4.78, 5) is 14.0. The third-order valence-electron chi connectivity index (χ3n) is 4.38. The van der Waals surface area contributed by atoms with Gasteiger partial charge in [0.15, 0.2) is 0 Å². The van der Waals surface area contributed by atoms with Crippen molar-refractivity contribution < 1.29 is 4.79 Å². The molecule has 0 aromatic heterocycles. The molecule has 1 saturated heterocycles. The first-order valence-electron chi connectivity index (χ1n) is 6.82. The second kappa shape index (κ2) is 5.08. The Morgan fingerprint density at radius 1 is 1.35 bits per heavy atom. The number of hydrogen-bond acceptors (Lipinski definition) is 2. The van der Waals surface area contributed by atoms with E-state index in [1.54, 1.807) is 0 Å². The summed E-state index contributed by atoms with van der Waals surface area (Å²) in [6.07, 6.45) is 5.34. The zero-order valence-electron chi connectivity index (χ0n) is 10.9. The average molecular weight is 234 g/mol. The number of carbonyl (C=O) groups excluding carboxylic acids is 1. The van der Waals surface area contributed by atoms with Gasteiger partial charge in [-0.05, 0) is 24.7 Å². The van der Waals surface area contributed by atoms with Crippen LogP contribution in [-0.4, -0.2) is 23.4 Å². The van der Waals surface area contributed by atoms with Crippen LogP contribution in [0.1, 0.15) is 46.0 Å². The molecular weight excluding hydrogens is 212 g/mol. The zero-order chi connectivity index (χ0) is 12.4. The van der Waals surface area contributed by atoms with Gasteiger partial charge in [-0.2, -0.15) is 5.26 Å². The molecule has 1 amide bonds. The van der Waals surface area contributed by atoms with Crippen molar-refractivity contribution in [2.24, 2.45) is 17.8 Å². The molecule has 3 atom stereocenters. The highest BCUT2D eigenvalue weighted by atomic mass is 16.2. The normalized spacial score (nSPS) is 34.1. The van der Waals surface area contributed by atoms with Crippen LogP contribution in [0.5, 0.6) is 0 Å². The van der Waals surface area contributed by atoms with Gasteiger partial charge in [0.2, 0.25) is 5.91 Å². The third-order valence-corrected chi connectivity index (χ3v) is 4.38. The zero-order valence-corrected chi connectivity index (χ0v) is 10.9. The fourth-order valence-electron chi connectivity index (χ4n) is 3.44. The van der Waals surface area contributed by atoms with Gasteiger partial charge in [0.05, 0.1) is 12.0 Å². The first-order valence-corrected chi connectivity index (χ1v) is 6.82. The maximum absolute atomic E-state index is 12.0. The van der Waals surface area contributed by atoms with E-state index in [9.17, 15) is 4.79 Å². The summed E-state index contributed by atoms with van der Waals surface area (Å²) in [6, 6.07) is 2.64. The van der Waals surface area contributed by atoms with E-state index in [4.69, 9.17) is 5.26 Å². The largest absolute Gasteiger partial charge is 0.338 e. The Morgan fingerprint density at radius 2 is 2.06 bits per heavy atom. The predicted octanol–water partition coefficient (Wildman–Crippen LogP) is 2.57. The van der Waals surface area contributed by atoms with Gasteiger partial charge in [-0.1, -0.05) is 26.7 Å². The Hall–Kier alpha value is -1.04. The van der Waals surface area contributed by atoms with Crippen molar-refractivity contribution in [3.05, 3.63) is 0 Å². The summed E-state index contributed by atoms with van der Waals surface area (Å²) in [5.74, 6) is 1.39. The van der Waals surface area contributed by atoms with Gasteiger partial charge in [0.1, 0.15) is 0 Å². The van der Waals surface area contributed by atoms with Crippen LogP contribution in [0.25, 0.3) is 0 Å². The van der Waals surface area contributed by atoms with Crippen LogP contribution < -0.4 is 0 Å². The van der Waals surface area contributed by atoms with Crippen LogP contribution in [0.15, 0.2) is 0 Å². The summed E-state index contributed by atoms with van der Waals surface area (Å²) >= 11 is 0. The molecular formula is C14H22N2O. The molecule has 0 aromatic rings. The molecule has 1 saturated carbocycles. The molecule has 94 valence electrons. The molecule has 3 unspecified atom stereocenters. The van der Waals surface area contributed by atoms with Gasteiger partial charge in [-0.3, -0.25) is 4.79 Å². The molecule has 3 nitrogen and oxygen atoms in total. The van der Waals surface area contributed by atoms with Crippen molar-refractivity contribution in [1.29, 1.82) is 5.26 Å². The van der Waals surface area contributed by atoms with Crippen molar-refractivity contribution in [2.45, 2.75) is 52.0 Å². The van der Waals surface area contributed by atoms with Gasteiger partial charge in [-0.25, -0.2) is 0 Å². The lowest BCUT2D eigenvalue weighted by molar-refractivity contribution is -0.131. The van der Waals surface area contributed by atoms with Crippen LogP contribution in [0.4, 0.5) is 0 Å². The van der Waals surface area contributed by atoms with E-state index in [1.165, 1.54) is 19.3 Å². The van der Waals surface area contributed by atoms with Crippen molar-refractivity contribution in [1.82, 2.24) is 4.90 Å². The Bertz CT molecular complexity index is 332.